The Balaban J connectivity index is 1.64. The Kier molecular flexibility index (Phi) is 6.71. The van der Waals surface area contributed by atoms with Crippen molar-refractivity contribution in [3.8, 4) is 11.5 Å². The first-order valence-corrected chi connectivity index (χ1v) is 10.1. The van der Waals surface area contributed by atoms with Crippen molar-refractivity contribution >= 4 is 67.8 Å². The number of rotatable bonds is 6. The van der Waals surface area contributed by atoms with Crippen molar-refractivity contribution in [3.05, 3.63) is 57.4 Å². The zero-order chi connectivity index (χ0) is 20.1. The second-order valence-electron chi connectivity index (χ2n) is 5.61. The van der Waals surface area contributed by atoms with Crippen LogP contribution in [0, 0.1) is 0 Å². The standard InChI is InChI=1S/C19H15BrN2O4S2/c1-25-15-8-11(9-16-18(24)22-19(27)28-16)2-7-14(15)26-10-17(23)21-13-5-3-12(20)4-6-13/h2-9H,10H2,1H3,(H,21,23)(H,22,24,27)/b16-9-. The molecule has 1 fully saturated rings. The van der Waals surface area contributed by atoms with Gasteiger partial charge in [0.05, 0.1) is 12.0 Å². The lowest BCUT2D eigenvalue weighted by Gasteiger charge is -2.12. The molecule has 144 valence electrons. The first-order chi connectivity index (χ1) is 13.4. The van der Waals surface area contributed by atoms with E-state index in [1.807, 2.05) is 12.1 Å². The molecule has 3 rings (SSSR count). The molecule has 0 radical (unpaired) electrons. The Hall–Kier alpha value is -2.36. The average molecular weight is 479 g/mol. The van der Waals surface area contributed by atoms with Crippen LogP contribution in [0.1, 0.15) is 5.56 Å². The number of thioether (sulfide) groups is 1. The van der Waals surface area contributed by atoms with Gasteiger partial charge in [0.2, 0.25) is 0 Å². The molecule has 0 atom stereocenters. The summed E-state index contributed by atoms with van der Waals surface area (Å²) < 4.78 is 12.3. The van der Waals surface area contributed by atoms with Crippen molar-refractivity contribution in [1.82, 2.24) is 5.32 Å². The van der Waals surface area contributed by atoms with Gasteiger partial charge in [-0.05, 0) is 48.0 Å². The van der Waals surface area contributed by atoms with Gasteiger partial charge in [0.15, 0.2) is 18.1 Å². The molecule has 1 heterocycles. The van der Waals surface area contributed by atoms with Crippen LogP contribution in [0.15, 0.2) is 51.8 Å². The second-order valence-corrected chi connectivity index (χ2v) is 8.24. The summed E-state index contributed by atoms with van der Waals surface area (Å²) in [6.07, 6.45) is 1.71. The quantitative estimate of drug-likeness (QED) is 0.483. The zero-order valence-corrected chi connectivity index (χ0v) is 17.9. The molecule has 28 heavy (non-hydrogen) atoms. The first-order valence-electron chi connectivity index (χ1n) is 8.06. The summed E-state index contributed by atoms with van der Waals surface area (Å²) in [5.41, 5.74) is 1.43. The highest BCUT2D eigenvalue weighted by Crippen LogP contribution is 2.31. The Morgan fingerprint density at radius 3 is 2.64 bits per heavy atom. The summed E-state index contributed by atoms with van der Waals surface area (Å²) in [5.74, 6) is 0.369. The number of anilines is 1. The van der Waals surface area contributed by atoms with E-state index in [-0.39, 0.29) is 18.4 Å². The van der Waals surface area contributed by atoms with Crippen LogP contribution in [0.4, 0.5) is 5.69 Å². The molecule has 0 unspecified atom stereocenters. The van der Waals surface area contributed by atoms with E-state index in [9.17, 15) is 9.59 Å². The van der Waals surface area contributed by atoms with Crippen LogP contribution in [0.3, 0.4) is 0 Å². The topological polar surface area (TPSA) is 76.7 Å². The van der Waals surface area contributed by atoms with Crippen LogP contribution in [0.25, 0.3) is 6.08 Å². The minimum atomic E-state index is -0.289. The van der Waals surface area contributed by atoms with E-state index in [0.717, 1.165) is 10.0 Å². The molecule has 2 aromatic rings. The normalized spacial score (nSPS) is 14.7. The summed E-state index contributed by atoms with van der Waals surface area (Å²) in [6, 6.07) is 12.4. The summed E-state index contributed by atoms with van der Waals surface area (Å²) in [7, 11) is 1.51. The predicted molar refractivity (Wildman–Crippen MR) is 118 cm³/mol. The van der Waals surface area contributed by atoms with E-state index >= 15 is 0 Å². The highest BCUT2D eigenvalue weighted by atomic mass is 79.9. The smallest absolute Gasteiger partial charge is 0.263 e. The fourth-order valence-corrected chi connectivity index (χ4v) is 3.65. The third-order valence-corrected chi connectivity index (χ3v) is 5.31. The molecular formula is C19H15BrN2O4S2. The fraction of sp³-hybridized carbons (Fsp3) is 0.105. The van der Waals surface area contributed by atoms with Gasteiger partial charge in [-0.15, -0.1) is 0 Å². The molecule has 2 amide bonds. The highest BCUT2D eigenvalue weighted by molar-refractivity contribution is 9.10. The average Bonchev–Trinajstić information content (AvgIpc) is 2.99. The first kappa shape index (κ1) is 20.4. The SMILES string of the molecule is COc1cc(/C=C2\SC(=S)NC2=O)ccc1OCC(=O)Nc1ccc(Br)cc1. The highest BCUT2D eigenvalue weighted by Gasteiger charge is 2.22. The minimum absolute atomic E-state index is 0.167. The predicted octanol–water partition coefficient (Wildman–Crippen LogP) is 3.96. The lowest BCUT2D eigenvalue weighted by molar-refractivity contribution is -0.118. The Labute approximate surface area is 179 Å². The molecule has 2 aromatic carbocycles. The number of hydrogen-bond donors (Lipinski definition) is 2. The van der Waals surface area contributed by atoms with Crippen molar-refractivity contribution in [2.24, 2.45) is 0 Å². The van der Waals surface area contributed by atoms with Crippen LogP contribution in [0.2, 0.25) is 0 Å². The molecule has 2 N–H and O–H groups in total. The largest absolute Gasteiger partial charge is 0.493 e. The molecule has 0 aromatic heterocycles. The molecule has 1 saturated heterocycles. The molecule has 6 nitrogen and oxygen atoms in total. The second kappa shape index (κ2) is 9.22. The number of carbonyl (C=O) groups excluding carboxylic acids is 2. The summed E-state index contributed by atoms with van der Waals surface area (Å²) in [6.45, 7) is -0.167. The van der Waals surface area contributed by atoms with Gasteiger partial charge in [-0.25, -0.2) is 0 Å². The number of benzene rings is 2. The van der Waals surface area contributed by atoms with Gasteiger partial charge in [0, 0.05) is 10.2 Å². The third kappa shape index (κ3) is 5.34. The monoisotopic (exact) mass is 478 g/mol. The number of halogens is 1. The molecule has 9 heteroatoms. The van der Waals surface area contributed by atoms with Crippen LogP contribution >= 0.6 is 39.9 Å². The van der Waals surface area contributed by atoms with Crippen LogP contribution in [0.5, 0.6) is 11.5 Å². The van der Waals surface area contributed by atoms with Crippen molar-refractivity contribution in [2.45, 2.75) is 0 Å². The van der Waals surface area contributed by atoms with E-state index < -0.39 is 0 Å². The lowest BCUT2D eigenvalue weighted by Crippen LogP contribution is -2.20. The maximum Gasteiger partial charge on any atom is 0.263 e. The van der Waals surface area contributed by atoms with Gasteiger partial charge in [-0.1, -0.05) is 46.0 Å². The van der Waals surface area contributed by atoms with E-state index in [4.69, 9.17) is 21.7 Å². The third-order valence-electron chi connectivity index (χ3n) is 3.61. The number of ether oxygens (including phenoxy) is 2. The van der Waals surface area contributed by atoms with Gasteiger partial charge in [-0.2, -0.15) is 0 Å². The maximum absolute atomic E-state index is 12.1. The molecule has 0 aliphatic carbocycles. The van der Waals surface area contributed by atoms with Gasteiger partial charge < -0.3 is 20.1 Å². The number of nitrogens with one attached hydrogen (secondary N) is 2. The van der Waals surface area contributed by atoms with Crippen molar-refractivity contribution in [2.75, 3.05) is 19.0 Å². The van der Waals surface area contributed by atoms with Crippen molar-refractivity contribution in [1.29, 1.82) is 0 Å². The van der Waals surface area contributed by atoms with Gasteiger partial charge >= 0.3 is 0 Å². The molecule has 0 saturated carbocycles. The van der Waals surface area contributed by atoms with Gasteiger partial charge in [0.25, 0.3) is 11.8 Å². The molecular weight excluding hydrogens is 464 g/mol. The molecule has 1 aliphatic heterocycles. The Morgan fingerprint density at radius 2 is 2.00 bits per heavy atom. The van der Waals surface area contributed by atoms with Crippen LogP contribution in [-0.2, 0) is 9.59 Å². The van der Waals surface area contributed by atoms with Gasteiger partial charge in [-0.3, -0.25) is 9.59 Å². The summed E-state index contributed by atoms with van der Waals surface area (Å²) in [5, 5.41) is 5.32. The number of methoxy groups -OCH3 is 1. The summed E-state index contributed by atoms with van der Waals surface area (Å²) in [4.78, 5) is 24.4. The van der Waals surface area contributed by atoms with Crippen molar-refractivity contribution in [3.63, 3.8) is 0 Å². The van der Waals surface area contributed by atoms with E-state index in [2.05, 4.69) is 26.6 Å². The maximum atomic E-state index is 12.1. The molecule has 1 aliphatic rings. The number of carbonyl (C=O) groups is 2. The van der Waals surface area contributed by atoms with Crippen LogP contribution in [-0.4, -0.2) is 29.9 Å². The Morgan fingerprint density at radius 1 is 1.25 bits per heavy atom. The molecule has 0 spiro atoms. The number of amides is 2. The fourth-order valence-electron chi connectivity index (χ4n) is 2.34. The molecule has 0 bridgehead atoms. The lowest BCUT2D eigenvalue weighted by atomic mass is 10.2. The van der Waals surface area contributed by atoms with E-state index in [1.54, 1.807) is 36.4 Å². The zero-order valence-electron chi connectivity index (χ0n) is 14.7. The van der Waals surface area contributed by atoms with Crippen molar-refractivity contribution < 1.29 is 19.1 Å². The minimum Gasteiger partial charge on any atom is -0.493 e. The number of thiocarbonyl (C=S) groups is 1. The Bertz CT molecular complexity index is 961. The van der Waals surface area contributed by atoms with E-state index in [1.165, 1.54) is 18.9 Å². The number of hydrogen-bond acceptors (Lipinski definition) is 6. The van der Waals surface area contributed by atoms with E-state index in [0.29, 0.717) is 26.4 Å². The van der Waals surface area contributed by atoms with Gasteiger partial charge in [0.1, 0.15) is 4.32 Å². The summed E-state index contributed by atoms with van der Waals surface area (Å²) >= 11 is 9.53. The van der Waals surface area contributed by atoms with Crippen LogP contribution < -0.4 is 20.1 Å².